The maximum absolute atomic E-state index is 8.00. The van der Waals surface area contributed by atoms with Crippen molar-refractivity contribution in [2.45, 2.75) is 0 Å². The van der Waals surface area contributed by atoms with Gasteiger partial charge in [-0.25, -0.2) is 0 Å². The fraction of sp³-hybridized carbons (Fsp3) is 0. The number of fused-ring (bicyclic) bond motifs is 2. The molecule has 0 spiro atoms. The van der Waals surface area contributed by atoms with E-state index in [0.717, 1.165) is 5.52 Å². The van der Waals surface area contributed by atoms with Crippen molar-refractivity contribution in [1.82, 2.24) is 9.36 Å². The fourth-order valence-electron chi connectivity index (χ4n) is 1.83. The average molecular weight is 318 g/mol. The summed E-state index contributed by atoms with van der Waals surface area (Å²) in [5.74, 6) is 0. The Morgan fingerprint density at radius 2 is 1.45 bits per heavy atom. The van der Waals surface area contributed by atoms with Crippen LogP contribution >= 0.6 is 11.5 Å². The molecule has 0 atom stereocenters. The average Bonchev–Trinajstić information content (AvgIpc) is 3.06. The maximum Gasteiger partial charge on any atom is 0.0701 e. The normalized spacial score (nSPS) is 8.91. The molecule has 0 unspecified atom stereocenters. The Hall–Kier alpha value is -1.59. The summed E-state index contributed by atoms with van der Waals surface area (Å²) in [7, 11) is 0. The largest absolute Gasteiger partial charge is 0.256 e. The molecule has 4 rings (SSSR count). The Balaban J connectivity index is 0.000000191. The number of hydrogen-bond acceptors (Lipinski definition) is 4. The van der Waals surface area contributed by atoms with Crippen molar-refractivity contribution in [3.63, 3.8) is 0 Å². The van der Waals surface area contributed by atoms with Crippen LogP contribution in [0.4, 0.5) is 0 Å². The van der Waals surface area contributed by atoms with E-state index in [1.165, 1.54) is 27.0 Å². The molecule has 0 fully saturated rings. The molecule has 0 amide bonds. The molecule has 2 aromatic heterocycles. The predicted octanol–water partition coefficient (Wildman–Crippen LogP) is 3.70. The summed E-state index contributed by atoms with van der Waals surface area (Å²) < 4.78 is 5.30. The zero-order valence-electron chi connectivity index (χ0n) is 11.3. The molecular formula is C17H15N2NaOS. The first-order chi connectivity index (χ1) is 10.4. The Kier molecular flexibility index (Phi) is 8.55. The number of hydrogen-bond donors (Lipinski definition) is 0. The molecule has 0 saturated carbocycles. The van der Waals surface area contributed by atoms with Gasteiger partial charge < -0.3 is 4.79 Å². The molecule has 0 radical (unpaired) electrons. The minimum absolute atomic E-state index is 0. The molecule has 0 N–H and O–H groups in total. The smallest absolute Gasteiger partial charge is 0.0701 e. The molecule has 22 heavy (non-hydrogen) atoms. The number of para-hydroxylation sites is 1. The zero-order chi connectivity index (χ0) is 14.9. The second kappa shape index (κ2) is 10.2. The molecular weight excluding hydrogens is 303 g/mol. The van der Waals surface area contributed by atoms with Crippen LogP contribution in [-0.4, -0.2) is 45.7 Å². The van der Waals surface area contributed by atoms with E-state index in [1.807, 2.05) is 55.6 Å². The van der Waals surface area contributed by atoms with E-state index in [9.17, 15) is 0 Å². The Labute approximate surface area is 155 Å². The summed E-state index contributed by atoms with van der Waals surface area (Å²) in [6, 6.07) is 20.3. The summed E-state index contributed by atoms with van der Waals surface area (Å²) in [5.41, 5.74) is 1.06. The Bertz CT molecular complexity index is 724. The van der Waals surface area contributed by atoms with Gasteiger partial charge in [0.05, 0.1) is 10.2 Å². The fourth-order valence-corrected chi connectivity index (χ4v) is 2.47. The third-order valence-corrected chi connectivity index (χ3v) is 3.55. The summed E-state index contributed by atoms with van der Waals surface area (Å²) in [6.45, 7) is 2.00. The molecule has 0 saturated heterocycles. The number of carbonyl (C=O) groups excluding carboxylic acids is 1. The van der Waals surface area contributed by atoms with Crippen molar-refractivity contribution in [3.8, 4) is 0 Å². The van der Waals surface area contributed by atoms with Crippen LogP contribution in [0.25, 0.3) is 21.0 Å². The first-order valence-electron chi connectivity index (χ1n) is 6.31. The molecule has 5 heteroatoms. The van der Waals surface area contributed by atoms with Crippen LogP contribution < -0.4 is 0 Å². The third-order valence-electron chi connectivity index (χ3n) is 2.77. The maximum atomic E-state index is 8.00. The van der Waals surface area contributed by atoms with E-state index in [4.69, 9.17) is 4.79 Å². The molecule has 0 aliphatic carbocycles. The van der Waals surface area contributed by atoms with Crippen LogP contribution in [0.2, 0.25) is 0 Å². The van der Waals surface area contributed by atoms with Gasteiger partial charge >= 0.3 is 29.6 Å². The predicted molar refractivity (Wildman–Crippen MR) is 95.6 cm³/mol. The van der Waals surface area contributed by atoms with E-state index in [-0.39, 0.29) is 29.6 Å². The zero-order valence-corrected chi connectivity index (χ0v) is 12.2. The molecule has 4 aromatic rings. The van der Waals surface area contributed by atoms with Crippen molar-refractivity contribution >= 4 is 68.9 Å². The van der Waals surface area contributed by atoms with Gasteiger partial charge in [-0.3, -0.25) is 4.98 Å². The van der Waals surface area contributed by atoms with Crippen LogP contribution in [0.3, 0.4) is 0 Å². The van der Waals surface area contributed by atoms with E-state index < -0.39 is 0 Å². The van der Waals surface area contributed by atoms with Crippen LogP contribution in [0.5, 0.6) is 0 Å². The van der Waals surface area contributed by atoms with E-state index >= 15 is 0 Å². The van der Waals surface area contributed by atoms with Gasteiger partial charge in [0.2, 0.25) is 0 Å². The first-order valence-corrected chi connectivity index (χ1v) is 7.09. The Morgan fingerprint density at radius 1 is 0.818 bits per heavy atom. The van der Waals surface area contributed by atoms with Gasteiger partial charge in [-0.1, -0.05) is 42.5 Å². The van der Waals surface area contributed by atoms with Crippen LogP contribution in [0.1, 0.15) is 0 Å². The van der Waals surface area contributed by atoms with E-state index in [2.05, 4.69) is 33.6 Å². The second-order valence-corrected chi connectivity index (χ2v) is 4.89. The topological polar surface area (TPSA) is 42.9 Å². The number of carbonyl (C=O) groups is 1. The SMILES string of the molecule is C=O.[NaH].c1ccc2ncccc2c1.c1ccc2sncc2c1. The van der Waals surface area contributed by atoms with Crippen molar-refractivity contribution < 1.29 is 4.79 Å². The van der Waals surface area contributed by atoms with E-state index in [1.54, 1.807) is 0 Å². The van der Waals surface area contributed by atoms with Crippen molar-refractivity contribution in [2.75, 3.05) is 0 Å². The second-order valence-electron chi connectivity index (χ2n) is 4.06. The van der Waals surface area contributed by atoms with Crippen LogP contribution in [0.15, 0.2) is 73.1 Å². The molecule has 0 bridgehead atoms. The molecule has 106 valence electrons. The molecule has 2 aromatic carbocycles. The molecule has 0 aliphatic heterocycles. The molecule has 3 nitrogen and oxygen atoms in total. The summed E-state index contributed by atoms with van der Waals surface area (Å²) in [4.78, 5) is 12.2. The molecule has 2 heterocycles. The van der Waals surface area contributed by atoms with Gasteiger partial charge in [0.25, 0.3) is 0 Å². The van der Waals surface area contributed by atoms with Crippen LogP contribution in [-0.2, 0) is 4.79 Å². The van der Waals surface area contributed by atoms with Crippen LogP contribution in [0, 0.1) is 0 Å². The summed E-state index contributed by atoms with van der Waals surface area (Å²) in [5, 5.41) is 2.44. The summed E-state index contributed by atoms with van der Waals surface area (Å²) in [6.07, 6.45) is 3.70. The molecule has 0 aliphatic rings. The summed E-state index contributed by atoms with van der Waals surface area (Å²) >= 11 is 1.54. The van der Waals surface area contributed by atoms with Crippen molar-refractivity contribution in [1.29, 1.82) is 0 Å². The number of aromatic nitrogens is 2. The number of nitrogens with zero attached hydrogens (tertiary/aromatic N) is 2. The van der Waals surface area contributed by atoms with Crippen molar-refractivity contribution in [2.24, 2.45) is 0 Å². The first kappa shape index (κ1) is 18.5. The third kappa shape index (κ3) is 5.00. The standard InChI is InChI=1S/C9H7N.C7H5NS.CH2O.Na.H/c1-2-6-9-8(4-1)5-3-7-10-9;1-2-4-7-6(3-1)5-8-9-7;1-2;;/h1-7H;1-5H;1H2;;. The quantitative estimate of drug-likeness (QED) is 0.464. The number of pyridine rings is 1. The van der Waals surface area contributed by atoms with Gasteiger partial charge in [0, 0.05) is 23.2 Å². The van der Waals surface area contributed by atoms with Gasteiger partial charge in [-0.2, -0.15) is 4.37 Å². The van der Waals surface area contributed by atoms with Gasteiger partial charge in [-0.05, 0) is 29.7 Å². The minimum Gasteiger partial charge on any atom is -0.256 e. The number of benzene rings is 2. The van der Waals surface area contributed by atoms with Gasteiger partial charge in [-0.15, -0.1) is 0 Å². The monoisotopic (exact) mass is 318 g/mol. The van der Waals surface area contributed by atoms with Gasteiger partial charge in [0.1, 0.15) is 6.79 Å². The van der Waals surface area contributed by atoms with E-state index in [0.29, 0.717) is 0 Å². The number of rotatable bonds is 0. The van der Waals surface area contributed by atoms with Crippen molar-refractivity contribution in [3.05, 3.63) is 73.1 Å². The minimum atomic E-state index is 0. The van der Waals surface area contributed by atoms with Gasteiger partial charge in [0.15, 0.2) is 0 Å². The Morgan fingerprint density at radius 3 is 2.18 bits per heavy atom.